The highest BCUT2D eigenvalue weighted by atomic mass is 16.5. The molecule has 0 bridgehead atoms. The Morgan fingerprint density at radius 1 is 1.04 bits per heavy atom. The van der Waals surface area contributed by atoms with E-state index in [1.807, 2.05) is 30.3 Å². The Balaban J connectivity index is 1.54. The lowest BCUT2D eigenvalue weighted by Crippen LogP contribution is -2.26. The number of benzene rings is 3. The Morgan fingerprint density at radius 3 is 2.58 bits per heavy atom. The Morgan fingerprint density at radius 2 is 1.81 bits per heavy atom. The number of hydrogen-bond donors (Lipinski definition) is 1. The molecule has 0 aromatic heterocycles. The van der Waals surface area contributed by atoms with Crippen LogP contribution in [-0.4, -0.2) is 19.2 Å². The van der Waals surface area contributed by atoms with Crippen LogP contribution >= 0.6 is 0 Å². The van der Waals surface area contributed by atoms with Crippen molar-refractivity contribution in [3.8, 4) is 0 Å². The Bertz CT molecular complexity index is 970. The number of nitrogens with one attached hydrogen (secondary N) is 1. The van der Waals surface area contributed by atoms with Crippen molar-refractivity contribution in [2.75, 3.05) is 7.11 Å². The van der Waals surface area contributed by atoms with E-state index in [1.54, 1.807) is 6.21 Å². The zero-order chi connectivity index (χ0) is 17.9. The molecular weight excluding hydrogens is 324 g/mol. The van der Waals surface area contributed by atoms with E-state index in [1.165, 1.54) is 29.0 Å². The maximum Gasteiger partial charge on any atom is 0.273 e. The van der Waals surface area contributed by atoms with Gasteiger partial charge in [0, 0.05) is 12.7 Å². The molecule has 0 fully saturated rings. The predicted molar refractivity (Wildman–Crippen MR) is 103 cm³/mol. The third kappa shape index (κ3) is 3.00. The Labute approximate surface area is 152 Å². The number of amides is 1. The van der Waals surface area contributed by atoms with Crippen molar-refractivity contribution >= 4 is 22.9 Å². The number of carbonyl (C=O) groups is 1. The number of ether oxygens (including phenoxy) is 1. The number of aryl methyl sites for hydroxylation is 2. The van der Waals surface area contributed by atoms with Crippen molar-refractivity contribution in [1.29, 1.82) is 0 Å². The van der Waals surface area contributed by atoms with Crippen LogP contribution in [-0.2, 0) is 22.4 Å². The van der Waals surface area contributed by atoms with Crippen LogP contribution in [0, 0.1) is 0 Å². The third-order valence-corrected chi connectivity index (χ3v) is 4.87. The SMILES string of the molecule is COC(C(=O)NN=Cc1ccc2c3c(cccc13)CC2)c1ccccc1. The molecule has 4 nitrogen and oxygen atoms in total. The molecule has 0 aliphatic heterocycles. The molecule has 1 N–H and O–H groups in total. The van der Waals surface area contributed by atoms with Gasteiger partial charge in [-0.15, -0.1) is 0 Å². The Hall–Kier alpha value is -2.98. The summed E-state index contributed by atoms with van der Waals surface area (Å²) >= 11 is 0. The predicted octanol–water partition coefficient (Wildman–Crippen LogP) is 3.78. The van der Waals surface area contributed by atoms with Crippen molar-refractivity contribution in [3.05, 3.63) is 82.9 Å². The zero-order valence-electron chi connectivity index (χ0n) is 14.6. The van der Waals surface area contributed by atoms with Crippen LogP contribution < -0.4 is 5.43 Å². The minimum atomic E-state index is -0.679. The maximum absolute atomic E-state index is 12.4. The lowest BCUT2D eigenvalue weighted by atomic mass is 10.0. The number of methoxy groups -OCH3 is 1. The minimum absolute atomic E-state index is 0.291. The normalized spacial score (nSPS) is 14.0. The summed E-state index contributed by atoms with van der Waals surface area (Å²) in [4.78, 5) is 12.4. The van der Waals surface area contributed by atoms with Gasteiger partial charge in [-0.1, -0.05) is 60.7 Å². The molecular formula is C22H20N2O2. The van der Waals surface area contributed by atoms with E-state index in [4.69, 9.17) is 4.74 Å². The maximum atomic E-state index is 12.4. The van der Waals surface area contributed by atoms with Gasteiger partial charge in [0.15, 0.2) is 6.10 Å². The average Bonchev–Trinajstić information content (AvgIpc) is 3.10. The van der Waals surface area contributed by atoms with E-state index in [9.17, 15) is 4.79 Å². The van der Waals surface area contributed by atoms with Gasteiger partial charge in [-0.3, -0.25) is 4.79 Å². The highest BCUT2D eigenvalue weighted by Crippen LogP contribution is 2.32. The van der Waals surface area contributed by atoms with Crippen LogP contribution in [0.4, 0.5) is 0 Å². The lowest BCUT2D eigenvalue weighted by Gasteiger charge is -2.13. The number of carbonyl (C=O) groups excluding carboxylic acids is 1. The van der Waals surface area contributed by atoms with Crippen LogP contribution in [0.2, 0.25) is 0 Å². The van der Waals surface area contributed by atoms with E-state index in [0.29, 0.717) is 0 Å². The smallest absolute Gasteiger partial charge is 0.273 e. The molecule has 3 aromatic carbocycles. The summed E-state index contributed by atoms with van der Waals surface area (Å²) in [6.45, 7) is 0. The highest BCUT2D eigenvalue weighted by Gasteiger charge is 2.19. The first kappa shape index (κ1) is 16.5. The lowest BCUT2D eigenvalue weighted by molar-refractivity contribution is -0.131. The summed E-state index contributed by atoms with van der Waals surface area (Å²) in [7, 11) is 1.52. The van der Waals surface area contributed by atoms with Crippen LogP contribution in [0.25, 0.3) is 10.8 Å². The molecule has 0 saturated heterocycles. The fourth-order valence-electron chi connectivity index (χ4n) is 3.63. The van der Waals surface area contributed by atoms with Crippen molar-refractivity contribution in [2.24, 2.45) is 5.10 Å². The van der Waals surface area contributed by atoms with Crippen molar-refractivity contribution < 1.29 is 9.53 Å². The largest absolute Gasteiger partial charge is 0.367 e. The number of nitrogens with zero attached hydrogens (tertiary/aromatic N) is 1. The summed E-state index contributed by atoms with van der Waals surface area (Å²) < 4.78 is 5.32. The van der Waals surface area contributed by atoms with Crippen LogP contribution in [0.3, 0.4) is 0 Å². The molecule has 1 atom stereocenters. The quantitative estimate of drug-likeness (QED) is 0.566. The van der Waals surface area contributed by atoms with Crippen LogP contribution in [0.5, 0.6) is 0 Å². The van der Waals surface area contributed by atoms with E-state index in [0.717, 1.165) is 24.0 Å². The molecule has 1 amide bonds. The van der Waals surface area contributed by atoms with E-state index in [2.05, 4.69) is 40.9 Å². The molecule has 0 spiro atoms. The molecule has 130 valence electrons. The van der Waals surface area contributed by atoms with Gasteiger partial charge >= 0.3 is 0 Å². The van der Waals surface area contributed by atoms with Crippen molar-refractivity contribution in [3.63, 3.8) is 0 Å². The fraction of sp³-hybridized carbons (Fsp3) is 0.182. The Kier molecular flexibility index (Phi) is 4.50. The van der Waals surface area contributed by atoms with Gasteiger partial charge in [0.1, 0.15) is 0 Å². The number of hydrazone groups is 1. The standard InChI is InChI=1S/C22H20N2O2/c1-26-21(17-6-3-2-4-7-17)22(25)24-23-14-18-13-12-16-11-10-15-8-5-9-19(18)20(15)16/h2-9,12-14,21H,10-11H2,1H3,(H,24,25). The second-order valence-electron chi connectivity index (χ2n) is 6.41. The monoisotopic (exact) mass is 344 g/mol. The van der Waals surface area contributed by atoms with Crippen LogP contribution in [0.15, 0.2) is 65.8 Å². The molecule has 1 aliphatic rings. The summed E-state index contributed by atoms with van der Waals surface area (Å²) in [5.74, 6) is -0.291. The van der Waals surface area contributed by atoms with Gasteiger partial charge in [-0.25, -0.2) is 5.43 Å². The molecule has 1 aliphatic carbocycles. The van der Waals surface area contributed by atoms with E-state index < -0.39 is 6.10 Å². The first-order valence-electron chi connectivity index (χ1n) is 8.72. The second kappa shape index (κ2) is 7.10. The van der Waals surface area contributed by atoms with E-state index >= 15 is 0 Å². The molecule has 0 saturated carbocycles. The number of hydrogen-bond acceptors (Lipinski definition) is 3. The van der Waals surface area contributed by atoms with Gasteiger partial charge in [0.05, 0.1) is 6.21 Å². The molecule has 4 rings (SSSR count). The first-order valence-corrected chi connectivity index (χ1v) is 8.72. The summed E-state index contributed by atoms with van der Waals surface area (Å²) in [6, 6.07) is 20.0. The topological polar surface area (TPSA) is 50.7 Å². The second-order valence-corrected chi connectivity index (χ2v) is 6.41. The molecule has 1 unspecified atom stereocenters. The fourth-order valence-corrected chi connectivity index (χ4v) is 3.63. The zero-order valence-corrected chi connectivity index (χ0v) is 14.6. The molecule has 4 heteroatoms. The average molecular weight is 344 g/mol. The van der Waals surface area contributed by atoms with Crippen LogP contribution in [0.1, 0.15) is 28.4 Å². The van der Waals surface area contributed by atoms with Gasteiger partial charge in [0.25, 0.3) is 5.91 Å². The first-order chi connectivity index (χ1) is 12.8. The van der Waals surface area contributed by atoms with E-state index in [-0.39, 0.29) is 5.91 Å². The molecule has 0 radical (unpaired) electrons. The highest BCUT2D eigenvalue weighted by molar-refractivity contribution is 6.03. The molecule has 3 aromatic rings. The van der Waals surface area contributed by atoms with Gasteiger partial charge < -0.3 is 4.74 Å². The number of rotatable bonds is 5. The summed E-state index contributed by atoms with van der Waals surface area (Å²) in [5.41, 5.74) is 7.17. The van der Waals surface area contributed by atoms with Crippen molar-refractivity contribution in [2.45, 2.75) is 18.9 Å². The van der Waals surface area contributed by atoms with Gasteiger partial charge in [0.2, 0.25) is 0 Å². The molecule has 0 heterocycles. The summed E-state index contributed by atoms with van der Waals surface area (Å²) in [6.07, 6.45) is 3.21. The van der Waals surface area contributed by atoms with Gasteiger partial charge in [-0.05, 0) is 40.3 Å². The molecule has 26 heavy (non-hydrogen) atoms. The summed E-state index contributed by atoms with van der Waals surface area (Å²) in [5, 5.41) is 6.68. The van der Waals surface area contributed by atoms with Gasteiger partial charge in [-0.2, -0.15) is 5.10 Å². The van der Waals surface area contributed by atoms with Crippen molar-refractivity contribution in [1.82, 2.24) is 5.43 Å². The minimum Gasteiger partial charge on any atom is -0.367 e. The third-order valence-electron chi connectivity index (χ3n) is 4.87.